The Bertz CT molecular complexity index is 1140. The standard InChI is InChI=1S/C13H19ClN3O2S.C13H18ClN3OS/c1-2-17(9-3-6-19-7-4-9)12-11-10(5-8-20(11)18)15-13(14)16-12;1-2-17(9-3-6-18-7-4-9)12-11-10(5-8-19-11)15-13(14)16-12/h9,18H,2-8H2,1H3;9H,2-8H2,1H3/q+1;. The summed E-state index contributed by atoms with van der Waals surface area (Å²) < 4.78 is 21.1. The van der Waals surface area contributed by atoms with E-state index in [1.165, 1.54) is 4.90 Å². The summed E-state index contributed by atoms with van der Waals surface area (Å²) in [7, 11) is 0. The van der Waals surface area contributed by atoms with E-state index < -0.39 is 11.2 Å². The first-order valence-electron chi connectivity index (χ1n) is 13.8. The van der Waals surface area contributed by atoms with E-state index in [1.54, 1.807) is 0 Å². The number of halogens is 2. The van der Waals surface area contributed by atoms with Crippen LogP contribution >= 0.6 is 35.0 Å². The fraction of sp³-hybridized carbons (Fsp3) is 0.692. The van der Waals surface area contributed by atoms with Crippen LogP contribution in [0.15, 0.2) is 9.79 Å². The lowest BCUT2D eigenvalue weighted by atomic mass is 10.1. The Labute approximate surface area is 247 Å². The largest absolute Gasteiger partial charge is 0.381 e. The van der Waals surface area contributed by atoms with Gasteiger partial charge in [-0.05, 0) is 62.7 Å². The van der Waals surface area contributed by atoms with Gasteiger partial charge in [0.2, 0.25) is 10.6 Å². The second-order valence-corrected chi connectivity index (χ2v) is 13.2. The van der Waals surface area contributed by atoms with E-state index in [2.05, 4.69) is 43.6 Å². The third kappa shape index (κ3) is 6.71. The maximum absolute atomic E-state index is 10.2. The molecule has 4 aliphatic heterocycles. The summed E-state index contributed by atoms with van der Waals surface area (Å²) in [6.07, 6.45) is 5.90. The van der Waals surface area contributed by atoms with Crippen molar-refractivity contribution in [2.45, 2.75) is 74.2 Å². The lowest BCUT2D eigenvalue weighted by Gasteiger charge is -2.35. The molecule has 1 N–H and O–H groups in total. The summed E-state index contributed by atoms with van der Waals surface area (Å²) in [4.78, 5) is 24.4. The Morgan fingerprint density at radius 2 is 1.36 bits per heavy atom. The number of ether oxygens (including phenoxy) is 2. The smallest absolute Gasteiger partial charge is 0.253 e. The topological polar surface area (TPSA) is 96.7 Å². The molecule has 0 spiro atoms. The molecule has 0 amide bonds. The van der Waals surface area contributed by atoms with Crippen LogP contribution in [0.25, 0.3) is 0 Å². The highest BCUT2D eigenvalue weighted by Crippen LogP contribution is 2.39. The minimum atomic E-state index is -0.751. The molecule has 0 radical (unpaired) electrons. The maximum Gasteiger partial charge on any atom is 0.253 e. The number of hydrogen-bond donors (Lipinski definition) is 1. The molecule has 0 aliphatic carbocycles. The van der Waals surface area contributed by atoms with Crippen LogP contribution in [0, 0.1) is 0 Å². The van der Waals surface area contributed by atoms with Crippen molar-refractivity contribution in [1.82, 2.24) is 19.9 Å². The van der Waals surface area contributed by atoms with E-state index >= 15 is 0 Å². The van der Waals surface area contributed by atoms with Crippen molar-refractivity contribution in [1.29, 1.82) is 0 Å². The molecule has 0 aromatic carbocycles. The van der Waals surface area contributed by atoms with Gasteiger partial charge in [-0.15, -0.1) is 11.8 Å². The van der Waals surface area contributed by atoms with Crippen LogP contribution in [-0.4, -0.2) is 87.6 Å². The van der Waals surface area contributed by atoms with Gasteiger partial charge in [-0.1, -0.05) is 0 Å². The van der Waals surface area contributed by atoms with Crippen LogP contribution in [-0.2, 0) is 33.5 Å². The molecule has 39 heavy (non-hydrogen) atoms. The molecule has 6 rings (SSSR count). The van der Waals surface area contributed by atoms with Crippen molar-refractivity contribution in [2.24, 2.45) is 0 Å². The van der Waals surface area contributed by atoms with Crippen molar-refractivity contribution >= 4 is 57.8 Å². The number of anilines is 2. The van der Waals surface area contributed by atoms with Gasteiger partial charge in [0.15, 0.2) is 22.7 Å². The molecule has 214 valence electrons. The number of fused-ring (bicyclic) bond motifs is 2. The molecule has 2 aromatic rings. The first kappa shape index (κ1) is 29.4. The number of thioether (sulfide) groups is 1. The van der Waals surface area contributed by atoms with Gasteiger partial charge in [0.1, 0.15) is 11.5 Å². The molecule has 0 saturated carbocycles. The van der Waals surface area contributed by atoms with E-state index in [0.717, 1.165) is 117 Å². The van der Waals surface area contributed by atoms with Gasteiger partial charge in [-0.25, -0.2) is 9.97 Å². The normalized spacial score (nSPS) is 21.2. The molecule has 1 atom stereocenters. The number of hydrogen-bond acceptors (Lipinski definition) is 10. The van der Waals surface area contributed by atoms with Gasteiger partial charge in [0.05, 0.1) is 10.6 Å². The molecule has 2 fully saturated rings. The molecule has 0 bridgehead atoms. The third-order valence-electron chi connectivity index (χ3n) is 7.62. The van der Waals surface area contributed by atoms with Gasteiger partial charge >= 0.3 is 0 Å². The van der Waals surface area contributed by atoms with Gasteiger partial charge in [-0.3, -0.25) is 0 Å². The van der Waals surface area contributed by atoms with Crippen LogP contribution < -0.4 is 9.80 Å². The second kappa shape index (κ2) is 13.7. The Morgan fingerprint density at radius 3 is 1.95 bits per heavy atom. The SMILES string of the molecule is CCN(c1nc(Cl)nc2c1SCC2)C1CCOCC1.CCN(c1nc(Cl)nc2c1[S+](O)CC2)C1CCOCC1. The molecular formula is C26H37Cl2N6O3S2+. The fourth-order valence-corrected chi connectivity index (χ4v) is 8.58. The lowest BCUT2D eigenvalue weighted by Crippen LogP contribution is -2.40. The minimum absolute atomic E-state index is 0.281. The predicted octanol–water partition coefficient (Wildman–Crippen LogP) is 4.93. The fourth-order valence-electron chi connectivity index (χ4n) is 5.73. The Kier molecular flexibility index (Phi) is 10.3. The first-order valence-corrected chi connectivity index (χ1v) is 16.9. The van der Waals surface area contributed by atoms with Gasteiger partial charge in [-0.2, -0.15) is 14.5 Å². The summed E-state index contributed by atoms with van der Waals surface area (Å²) in [6, 6.07) is 0.913. The van der Waals surface area contributed by atoms with Crippen molar-refractivity contribution < 1.29 is 14.0 Å². The van der Waals surface area contributed by atoms with E-state index in [1.807, 2.05) is 11.8 Å². The van der Waals surface area contributed by atoms with Gasteiger partial charge in [0.25, 0.3) is 4.90 Å². The van der Waals surface area contributed by atoms with E-state index in [4.69, 9.17) is 32.7 Å². The molecule has 2 saturated heterocycles. The molecule has 2 aromatic heterocycles. The number of nitrogens with zero attached hydrogens (tertiary/aromatic N) is 6. The van der Waals surface area contributed by atoms with E-state index in [-0.39, 0.29) is 5.28 Å². The molecule has 6 heterocycles. The molecule has 1 unspecified atom stereocenters. The summed E-state index contributed by atoms with van der Waals surface area (Å²) >= 11 is 13.3. The first-order chi connectivity index (χ1) is 19.0. The number of aryl methyl sites for hydroxylation is 2. The Balaban J connectivity index is 0.000000158. The van der Waals surface area contributed by atoms with Crippen molar-refractivity contribution in [3.63, 3.8) is 0 Å². The number of rotatable bonds is 6. The summed E-state index contributed by atoms with van der Waals surface area (Å²) in [5.41, 5.74) is 2.03. The van der Waals surface area contributed by atoms with E-state index in [9.17, 15) is 4.55 Å². The maximum atomic E-state index is 10.2. The van der Waals surface area contributed by atoms with Crippen LogP contribution in [0.3, 0.4) is 0 Å². The average Bonchev–Trinajstić information content (AvgIpc) is 3.57. The molecule has 4 aliphatic rings. The summed E-state index contributed by atoms with van der Waals surface area (Å²) in [6.45, 7) is 9.34. The Morgan fingerprint density at radius 1 is 0.821 bits per heavy atom. The highest BCUT2D eigenvalue weighted by Gasteiger charge is 2.40. The molecular weight excluding hydrogens is 579 g/mol. The Hall–Kier alpha value is -1.08. The zero-order chi connectivity index (χ0) is 27.4. The van der Waals surface area contributed by atoms with Crippen molar-refractivity contribution in [2.75, 3.05) is 60.8 Å². The third-order valence-corrected chi connectivity index (χ3v) is 10.6. The zero-order valence-corrected chi connectivity index (χ0v) is 25.7. The average molecular weight is 617 g/mol. The zero-order valence-electron chi connectivity index (χ0n) is 22.6. The van der Waals surface area contributed by atoms with Crippen LogP contribution in [0.2, 0.25) is 10.6 Å². The van der Waals surface area contributed by atoms with Crippen LogP contribution in [0.4, 0.5) is 11.6 Å². The van der Waals surface area contributed by atoms with Crippen LogP contribution in [0.1, 0.15) is 50.9 Å². The lowest BCUT2D eigenvalue weighted by molar-refractivity contribution is 0.0843. The van der Waals surface area contributed by atoms with Crippen molar-refractivity contribution in [3.05, 3.63) is 22.0 Å². The van der Waals surface area contributed by atoms with Gasteiger partial charge in [0, 0.05) is 70.2 Å². The second-order valence-electron chi connectivity index (χ2n) is 9.86. The molecule has 9 nitrogen and oxygen atoms in total. The summed E-state index contributed by atoms with van der Waals surface area (Å²) in [5, 5.41) is 0.657. The van der Waals surface area contributed by atoms with E-state index in [0.29, 0.717) is 17.4 Å². The monoisotopic (exact) mass is 615 g/mol. The number of aromatic nitrogens is 4. The minimum Gasteiger partial charge on any atom is -0.381 e. The summed E-state index contributed by atoms with van der Waals surface area (Å²) in [5.74, 6) is 3.69. The van der Waals surface area contributed by atoms with Gasteiger partial charge < -0.3 is 19.3 Å². The highest BCUT2D eigenvalue weighted by molar-refractivity contribution is 7.99. The predicted molar refractivity (Wildman–Crippen MR) is 159 cm³/mol. The quantitative estimate of drug-likeness (QED) is 0.356. The van der Waals surface area contributed by atoms with Crippen molar-refractivity contribution in [3.8, 4) is 0 Å². The highest BCUT2D eigenvalue weighted by atomic mass is 35.5. The molecule has 13 heteroatoms. The van der Waals surface area contributed by atoms with Crippen LogP contribution in [0.5, 0.6) is 0 Å².